The van der Waals surface area contributed by atoms with Crippen molar-refractivity contribution in [3.63, 3.8) is 0 Å². The van der Waals surface area contributed by atoms with Crippen molar-refractivity contribution in [2.75, 3.05) is 21.2 Å². The lowest BCUT2D eigenvalue weighted by atomic mass is 10.2. The van der Waals surface area contributed by atoms with Crippen molar-refractivity contribution in [3.05, 3.63) is 47.8 Å². The number of cyclic esters (lactones) is 1. The zero-order chi connectivity index (χ0) is 14.5. The minimum atomic E-state index is -0.437. The number of carbonyl (C=O) groups excluding carboxylic acids is 1. The highest BCUT2D eigenvalue weighted by Crippen LogP contribution is 2.15. The number of carbonyl (C=O) groups is 1. The Morgan fingerprint density at radius 2 is 1.90 bits per heavy atom. The number of hydrogen-bond acceptors (Lipinski definition) is 5. The minimum Gasteiger partial charge on any atom is -0.497 e. The number of benzene rings is 1. The van der Waals surface area contributed by atoms with Crippen molar-refractivity contribution < 1.29 is 14.3 Å². The second kappa shape index (κ2) is 6.06. The molecule has 1 heterocycles. The van der Waals surface area contributed by atoms with Crippen molar-refractivity contribution in [3.8, 4) is 5.75 Å². The standard InChI is InChI=1S/C15H16N2O3/c1-17(2)10-13-15(18)20-14(16-13)9-6-11-4-7-12(19-3)8-5-11/h4-10H,1-3H3/b9-6+,13-10-. The van der Waals surface area contributed by atoms with Crippen LogP contribution in [0.2, 0.25) is 0 Å². The van der Waals surface area contributed by atoms with Gasteiger partial charge in [-0.05, 0) is 23.8 Å². The van der Waals surface area contributed by atoms with Crippen molar-refractivity contribution in [2.24, 2.45) is 4.99 Å². The summed E-state index contributed by atoms with van der Waals surface area (Å²) in [6.07, 6.45) is 5.11. The van der Waals surface area contributed by atoms with E-state index in [2.05, 4.69) is 4.99 Å². The lowest BCUT2D eigenvalue weighted by Crippen LogP contribution is -2.06. The fourth-order valence-electron chi connectivity index (χ4n) is 1.61. The van der Waals surface area contributed by atoms with E-state index in [1.807, 2.05) is 44.4 Å². The van der Waals surface area contributed by atoms with E-state index in [1.165, 1.54) is 0 Å². The van der Waals surface area contributed by atoms with E-state index in [9.17, 15) is 4.79 Å². The molecule has 0 aromatic heterocycles. The predicted octanol–water partition coefficient (Wildman–Crippen LogP) is 2.07. The number of aliphatic imine (C=N–C) groups is 1. The van der Waals surface area contributed by atoms with Crippen molar-refractivity contribution in [1.82, 2.24) is 4.90 Å². The highest BCUT2D eigenvalue weighted by Gasteiger charge is 2.21. The average Bonchev–Trinajstić information content (AvgIpc) is 2.77. The van der Waals surface area contributed by atoms with Crippen LogP contribution in [0.4, 0.5) is 0 Å². The summed E-state index contributed by atoms with van der Waals surface area (Å²) in [5, 5.41) is 0. The molecule has 1 aliphatic heterocycles. The van der Waals surface area contributed by atoms with Crippen LogP contribution in [-0.2, 0) is 9.53 Å². The Balaban J connectivity index is 2.09. The Bertz CT molecular complexity index is 584. The van der Waals surface area contributed by atoms with E-state index in [-0.39, 0.29) is 0 Å². The largest absolute Gasteiger partial charge is 0.497 e. The quantitative estimate of drug-likeness (QED) is 0.622. The molecule has 0 radical (unpaired) electrons. The summed E-state index contributed by atoms with van der Waals surface area (Å²) in [6, 6.07) is 7.53. The summed E-state index contributed by atoms with van der Waals surface area (Å²) in [5.74, 6) is 0.648. The highest BCUT2D eigenvalue weighted by atomic mass is 16.6. The number of methoxy groups -OCH3 is 1. The molecule has 20 heavy (non-hydrogen) atoms. The van der Waals surface area contributed by atoms with Gasteiger partial charge >= 0.3 is 5.97 Å². The first-order valence-corrected chi connectivity index (χ1v) is 6.10. The first-order valence-electron chi connectivity index (χ1n) is 6.10. The summed E-state index contributed by atoms with van der Waals surface area (Å²) in [7, 11) is 5.26. The first kappa shape index (κ1) is 13.9. The number of hydrogen-bond donors (Lipinski definition) is 0. The van der Waals surface area contributed by atoms with Gasteiger partial charge in [-0.25, -0.2) is 9.79 Å². The third kappa shape index (κ3) is 3.47. The molecule has 0 spiro atoms. The molecule has 0 fully saturated rings. The van der Waals surface area contributed by atoms with Crippen molar-refractivity contribution in [2.45, 2.75) is 0 Å². The molecule has 0 amide bonds. The van der Waals surface area contributed by atoms with Gasteiger partial charge in [-0.2, -0.15) is 0 Å². The summed E-state index contributed by atoms with van der Waals surface area (Å²) in [6.45, 7) is 0. The fraction of sp³-hybridized carbons (Fsp3) is 0.200. The van der Waals surface area contributed by atoms with E-state index in [4.69, 9.17) is 9.47 Å². The summed E-state index contributed by atoms with van der Waals surface area (Å²) in [4.78, 5) is 17.4. The predicted molar refractivity (Wildman–Crippen MR) is 77.3 cm³/mol. The van der Waals surface area contributed by atoms with Gasteiger partial charge < -0.3 is 14.4 Å². The molecule has 0 bridgehead atoms. The zero-order valence-corrected chi connectivity index (χ0v) is 11.7. The Kier molecular flexibility index (Phi) is 4.20. The maximum absolute atomic E-state index is 11.5. The van der Waals surface area contributed by atoms with E-state index >= 15 is 0 Å². The molecular formula is C15H16N2O3. The maximum Gasteiger partial charge on any atom is 0.365 e. The second-order valence-electron chi connectivity index (χ2n) is 4.42. The van der Waals surface area contributed by atoms with Gasteiger partial charge in [-0.1, -0.05) is 12.1 Å². The molecule has 0 atom stereocenters. The van der Waals surface area contributed by atoms with E-state index < -0.39 is 5.97 Å². The van der Waals surface area contributed by atoms with Crippen LogP contribution in [0.3, 0.4) is 0 Å². The summed E-state index contributed by atoms with van der Waals surface area (Å²) < 4.78 is 10.1. The van der Waals surface area contributed by atoms with Gasteiger partial charge in [-0.15, -0.1) is 0 Å². The van der Waals surface area contributed by atoms with Crippen molar-refractivity contribution >= 4 is 17.9 Å². The van der Waals surface area contributed by atoms with Gasteiger partial charge in [0, 0.05) is 26.4 Å². The third-order valence-electron chi connectivity index (χ3n) is 2.55. The number of ether oxygens (including phenoxy) is 2. The van der Waals surface area contributed by atoms with Gasteiger partial charge in [-0.3, -0.25) is 0 Å². The third-order valence-corrected chi connectivity index (χ3v) is 2.55. The monoisotopic (exact) mass is 272 g/mol. The molecule has 5 nitrogen and oxygen atoms in total. The number of nitrogens with zero attached hydrogens (tertiary/aromatic N) is 2. The summed E-state index contributed by atoms with van der Waals surface area (Å²) >= 11 is 0. The normalized spacial score (nSPS) is 16.4. The van der Waals surface area contributed by atoms with E-state index in [0.717, 1.165) is 11.3 Å². The van der Waals surface area contributed by atoms with Crippen LogP contribution >= 0.6 is 0 Å². The van der Waals surface area contributed by atoms with Crippen LogP contribution in [0.1, 0.15) is 5.56 Å². The topological polar surface area (TPSA) is 51.1 Å². The smallest absolute Gasteiger partial charge is 0.365 e. The molecular weight excluding hydrogens is 256 g/mol. The Labute approximate surface area is 117 Å². The van der Waals surface area contributed by atoms with Crippen LogP contribution in [0.5, 0.6) is 5.75 Å². The van der Waals surface area contributed by atoms with Gasteiger partial charge in [0.15, 0.2) is 5.70 Å². The first-order chi connectivity index (χ1) is 9.58. The van der Waals surface area contributed by atoms with Gasteiger partial charge in [0.1, 0.15) is 5.75 Å². The van der Waals surface area contributed by atoms with Crippen molar-refractivity contribution in [1.29, 1.82) is 0 Å². The molecule has 0 saturated heterocycles. The highest BCUT2D eigenvalue weighted by molar-refractivity contribution is 6.09. The molecule has 0 saturated carbocycles. The Hall–Kier alpha value is -2.56. The molecule has 5 heteroatoms. The fourth-order valence-corrected chi connectivity index (χ4v) is 1.61. The number of rotatable bonds is 4. The molecule has 0 aliphatic carbocycles. The molecule has 1 aromatic carbocycles. The van der Waals surface area contributed by atoms with Gasteiger partial charge in [0.05, 0.1) is 7.11 Å². The zero-order valence-electron chi connectivity index (χ0n) is 11.7. The molecule has 0 N–H and O–H groups in total. The average molecular weight is 272 g/mol. The van der Waals surface area contributed by atoms with Crippen LogP contribution in [0.15, 0.2) is 47.2 Å². The van der Waals surface area contributed by atoms with Crippen LogP contribution in [0, 0.1) is 0 Å². The number of esters is 1. The summed E-state index contributed by atoms with van der Waals surface area (Å²) in [5.41, 5.74) is 1.26. The second-order valence-corrected chi connectivity index (χ2v) is 4.42. The van der Waals surface area contributed by atoms with Gasteiger partial charge in [0.2, 0.25) is 5.90 Å². The molecule has 1 aromatic rings. The van der Waals surface area contributed by atoms with Crippen LogP contribution in [-0.4, -0.2) is 38.0 Å². The van der Waals surface area contributed by atoms with Crippen LogP contribution in [0.25, 0.3) is 6.08 Å². The Morgan fingerprint density at radius 1 is 1.20 bits per heavy atom. The molecule has 2 rings (SSSR count). The minimum absolute atomic E-state index is 0.291. The molecule has 1 aliphatic rings. The molecule has 0 unspecified atom stereocenters. The molecule has 104 valence electrons. The van der Waals surface area contributed by atoms with Crippen LogP contribution < -0.4 is 4.74 Å². The van der Waals surface area contributed by atoms with E-state index in [0.29, 0.717) is 11.6 Å². The SMILES string of the molecule is COc1ccc(/C=C/C2=NC(=C\N(C)C)/C(=O)O2)cc1. The lowest BCUT2D eigenvalue weighted by molar-refractivity contribution is -0.130. The maximum atomic E-state index is 11.5. The van der Waals surface area contributed by atoms with E-state index in [1.54, 1.807) is 24.3 Å². The lowest BCUT2D eigenvalue weighted by Gasteiger charge is -2.02. The van der Waals surface area contributed by atoms with Gasteiger partial charge in [0.25, 0.3) is 0 Å². The Morgan fingerprint density at radius 3 is 2.50 bits per heavy atom.